The Kier molecular flexibility index (Phi) is 4.53. The minimum atomic E-state index is -0.543. The predicted octanol–water partition coefficient (Wildman–Crippen LogP) is 2.50. The normalized spacial score (nSPS) is 16.7. The van der Waals surface area contributed by atoms with E-state index in [1.807, 2.05) is 30.5 Å². The molecule has 7 heteroatoms. The van der Waals surface area contributed by atoms with Gasteiger partial charge in [-0.05, 0) is 38.5 Å². The average Bonchev–Trinajstić information content (AvgIpc) is 2.97. The first kappa shape index (κ1) is 16.4. The molecule has 2 amide bonds. The number of carbonyl (C=O) groups excluding carboxylic acids is 2. The van der Waals surface area contributed by atoms with Crippen LogP contribution in [0.2, 0.25) is 0 Å². The fourth-order valence-corrected chi connectivity index (χ4v) is 3.33. The Morgan fingerprint density at radius 2 is 2.25 bits per heavy atom. The van der Waals surface area contributed by atoms with Crippen molar-refractivity contribution in [1.82, 2.24) is 4.98 Å². The number of benzene rings is 1. The fraction of sp³-hybridized carbons (Fsp3) is 0.353. The second-order valence-electron chi connectivity index (χ2n) is 5.75. The van der Waals surface area contributed by atoms with Gasteiger partial charge in [-0.3, -0.25) is 9.59 Å². The second-order valence-corrected chi connectivity index (χ2v) is 6.82. The van der Waals surface area contributed by atoms with Crippen molar-refractivity contribution in [2.24, 2.45) is 5.73 Å². The lowest BCUT2D eigenvalue weighted by Gasteiger charge is -2.33. The number of hydrogen-bond acceptors (Lipinski definition) is 5. The van der Waals surface area contributed by atoms with Crippen LogP contribution >= 0.6 is 11.3 Å². The Balaban J connectivity index is 1.93. The highest BCUT2D eigenvalue weighted by Gasteiger charge is 2.31. The van der Waals surface area contributed by atoms with Crippen LogP contribution in [0.4, 0.5) is 5.69 Å². The summed E-state index contributed by atoms with van der Waals surface area (Å²) in [5, 5.41) is 2.98. The lowest BCUT2D eigenvalue weighted by Crippen LogP contribution is -2.45. The summed E-state index contributed by atoms with van der Waals surface area (Å²) < 4.78 is 5.70. The summed E-state index contributed by atoms with van der Waals surface area (Å²) in [6.45, 7) is 4.11. The van der Waals surface area contributed by atoms with Gasteiger partial charge in [-0.2, -0.15) is 0 Å². The van der Waals surface area contributed by atoms with E-state index in [2.05, 4.69) is 4.98 Å². The fourth-order valence-electron chi connectivity index (χ4n) is 2.70. The Bertz CT molecular complexity index is 787. The first-order chi connectivity index (χ1) is 11.5. The molecule has 2 N–H and O–H groups in total. The first-order valence-electron chi connectivity index (χ1n) is 7.78. The minimum absolute atomic E-state index is 0.112. The molecule has 3 rings (SSSR count). The maximum absolute atomic E-state index is 12.5. The molecule has 1 atom stereocenters. The summed E-state index contributed by atoms with van der Waals surface area (Å²) in [6, 6.07) is 5.72. The first-order valence-corrected chi connectivity index (χ1v) is 8.66. The summed E-state index contributed by atoms with van der Waals surface area (Å²) in [5.74, 6) is 0.186. The SMILES string of the molecule is Cc1nc(-c2ccc3c(c2)N(CCCC(N)=O)C(=O)C(C)O3)cs1. The number of aryl methyl sites for hydroxylation is 1. The Hall–Kier alpha value is -2.41. The monoisotopic (exact) mass is 345 g/mol. The van der Waals surface area contributed by atoms with Gasteiger partial charge in [0.25, 0.3) is 5.91 Å². The van der Waals surface area contributed by atoms with E-state index >= 15 is 0 Å². The molecule has 2 heterocycles. The third kappa shape index (κ3) is 3.26. The van der Waals surface area contributed by atoms with Gasteiger partial charge in [-0.1, -0.05) is 0 Å². The summed E-state index contributed by atoms with van der Waals surface area (Å²) in [5.41, 5.74) is 7.72. The highest BCUT2D eigenvalue weighted by atomic mass is 32.1. The smallest absolute Gasteiger partial charge is 0.267 e. The second kappa shape index (κ2) is 6.60. The quantitative estimate of drug-likeness (QED) is 0.902. The number of thiazole rings is 1. The van der Waals surface area contributed by atoms with Gasteiger partial charge in [0.05, 0.1) is 16.4 Å². The summed E-state index contributed by atoms with van der Waals surface area (Å²) in [6.07, 6.45) is 0.227. The number of aromatic nitrogens is 1. The third-order valence-electron chi connectivity index (χ3n) is 3.89. The Morgan fingerprint density at radius 3 is 2.92 bits per heavy atom. The van der Waals surface area contributed by atoms with Crippen LogP contribution in [0.3, 0.4) is 0 Å². The van der Waals surface area contributed by atoms with Crippen LogP contribution in [0.5, 0.6) is 5.75 Å². The van der Waals surface area contributed by atoms with Crippen molar-refractivity contribution >= 4 is 28.8 Å². The molecule has 0 saturated carbocycles. The van der Waals surface area contributed by atoms with E-state index in [-0.39, 0.29) is 18.2 Å². The van der Waals surface area contributed by atoms with Crippen molar-refractivity contribution in [1.29, 1.82) is 0 Å². The molecule has 0 radical (unpaired) electrons. The number of anilines is 1. The Labute approximate surface area is 144 Å². The number of ether oxygens (including phenoxy) is 1. The number of fused-ring (bicyclic) bond motifs is 1. The molecular formula is C17H19N3O3S. The van der Waals surface area contributed by atoms with Gasteiger partial charge < -0.3 is 15.4 Å². The van der Waals surface area contributed by atoms with Crippen molar-refractivity contribution < 1.29 is 14.3 Å². The van der Waals surface area contributed by atoms with Gasteiger partial charge in [-0.25, -0.2) is 4.98 Å². The van der Waals surface area contributed by atoms with E-state index in [0.717, 1.165) is 16.3 Å². The highest BCUT2D eigenvalue weighted by molar-refractivity contribution is 7.09. The molecule has 126 valence electrons. The molecule has 6 nitrogen and oxygen atoms in total. The van der Waals surface area contributed by atoms with E-state index < -0.39 is 6.10 Å². The average molecular weight is 345 g/mol. The molecular weight excluding hydrogens is 326 g/mol. The molecule has 1 unspecified atom stereocenters. The molecule has 2 aromatic rings. The number of amides is 2. The van der Waals surface area contributed by atoms with E-state index in [1.54, 1.807) is 23.2 Å². The van der Waals surface area contributed by atoms with Gasteiger partial charge in [0, 0.05) is 23.9 Å². The zero-order valence-electron chi connectivity index (χ0n) is 13.6. The van der Waals surface area contributed by atoms with Crippen molar-refractivity contribution in [2.75, 3.05) is 11.4 Å². The van der Waals surface area contributed by atoms with Crippen LogP contribution in [0.15, 0.2) is 23.6 Å². The van der Waals surface area contributed by atoms with Crippen LogP contribution in [0.1, 0.15) is 24.8 Å². The minimum Gasteiger partial charge on any atom is -0.479 e. The van der Waals surface area contributed by atoms with Crippen LogP contribution in [0, 0.1) is 6.92 Å². The van der Waals surface area contributed by atoms with Crippen molar-refractivity contribution in [3.05, 3.63) is 28.6 Å². The van der Waals surface area contributed by atoms with Gasteiger partial charge in [0.1, 0.15) is 5.75 Å². The number of nitrogens with two attached hydrogens (primary N) is 1. The van der Waals surface area contributed by atoms with Crippen LogP contribution < -0.4 is 15.4 Å². The van der Waals surface area contributed by atoms with Crippen LogP contribution in [-0.4, -0.2) is 29.4 Å². The van der Waals surface area contributed by atoms with Gasteiger partial charge >= 0.3 is 0 Å². The van der Waals surface area contributed by atoms with Crippen LogP contribution in [0.25, 0.3) is 11.3 Å². The number of nitrogens with zero attached hydrogens (tertiary/aromatic N) is 2. The van der Waals surface area contributed by atoms with E-state index in [4.69, 9.17) is 10.5 Å². The molecule has 24 heavy (non-hydrogen) atoms. The third-order valence-corrected chi connectivity index (χ3v) is 4.66. The van der Waals surface area contributed by atoms with E-state index in [9.17, 15) is 9.59 Å². The molecule has 0 fully saturated rings. The zero-order valence-corrected chi connectivity index (χ0v) is 14.4. The number of carbonyl (C=O) groups is 2. The molecule has 0 aliphatic carbocycles. The maximum atomic E-state index is 12.5. The van der Waals surface area contributed by atoms with Gasteiger partial charge in [0.15, 0.2) is 6.10 Å². The molecule has 1 aliphatic rings. The van der Waals surface area contributed by atoms with Crippen molar-refractivity contribution in [3.8, 4) is 17.0 Å². The van der Waals surface area contributed by atoms with Crippen molar-refractivity contribution in [2.45, 2.75) is 32.8 Å². The summed E-state index contributed by atoms with van der Waals surface area (Å²) in [4.78, 5) is 29.6. The predicted molar refractivity (Wildman–Crippen MR) is 93.2 cm³/mol. The number of primary amides is 1. The molecule has 1 aliphatic heterocycles. The maximum Gasteiger partial charge on any atom is 0.267 e. The van der Waals surface area contributed by atoms with E-state index in [1.165, 1.54) is 0 Å². The standard InChI is InChI=1S/C17H19N3O3S/c1-10-17(22)20(7-3-4-16(18)21)14-8-12(5-6-15(14)23-10)13-9-24-11(2)19-13/h5-6,8-10H,3-4,7H2,1-2H3,(H2,18,21). The molecule has 1 aromatic heterocycles. The molecule has 0 saturated heterocycles. The van der Waals surface area contributed by atoms with Gasteiger partial charge in [-0.15, -0.1) is 11.3 Å². The number of rotatable bonds is 5. The highest BCUT2D eigenvalue weighted by Crippen LogP contribution is 2.37. The molecule has 0 spiro atoms. The zero-order chi connectivity index (χ0) is 17.3. The lowest BCUT2D eigenvalue weighted by molar-refractivity contribution is -0.125. The Morgan fingerprint density at radius 1 is 1.46 bits per heavy atom. The van der Waals surface area contributed by atoms with Gasteiger partial charge in [0.2, 0.25) is 5.91 Å². The molecule has 0 bridgehead atoms. The summed E-state index contributed by atoms with van der Waals surface area (Å²) in [7, 11) is 0. The largest absolute Gasteiger partial charge is 0.479 e. The lowest BCUT2D eigenvalue weighted by atomic mass is 10.1. The summed E-state index contributed by atoms with van der Waals surface area (Å²) >= 11 is 1.58. The number of hydrogen-bond donors (Lipinski definition) is 1. The van der Waals surface area contributed by atoms with E-state index in [0.29, 0.717) is 24.4 Å². The van der Waals surface area contributed by atoms with Crippen LogP contribution in [-0.2, 0) is 9.59 Å². The topological polar surface area (TPSA) is 85.5 Å². The molecule has 1 aromatic carbocycles. The van der Waals surface area contributed by atoms with Crippen molar-refractivity contribution in [3.63, 3.8) is 0 Å².